The summed E-state index contributed by atoms with van der Waals surface area (Å²) in [6.45, 7) is -1.17. The maximum atomic E-state index is 11.7. The van der Waals surface area contributed by atoms with E-state index in [2.05, 4.69) is 4.74 Å². The highest BCUT2D eigenvalue weighted by Gasteiger charge is 2.33. The third-order valence-electron chi connectivity index (χ3n) is 2.25. The Labute approximate surface area is 75.2 Å². The number of hydrogen-bond donors (Lipinski definition) is 1. The molecule has 13 heavy (non-hydrogen) atoms. The summed E-state index contributed by atoms with van der Waals surface area (Å²) in [7, 11) is 0. The molecule has 0 unspecified atom stereocenters. The summed E-state index contributed by atoms with van der Waals surface area (Å²) in [5.74, 6) is 0. The number of alkyl halides is 3. The van der Waals surface area contributed by atoms with Gasteiger partial charge in [0.15, 0.2) is 0 Å². The first-order valence-corrected chi connectivity index (χ1v) is 4.35. The summed E-state index contributed by atoms with van der Waals surface area (Å²) in [6.07, 6.45) is -0.720. The van der Waals surface area contributed by atoms with Gasteiger partial charge in [0.1, 0.15) is 6.61 Å². The van der Waals surface area contributed by atoms with Crippen LogP contribution >= 0.6 is 0 Å². The third-order valence-corrected chi connectivity index (χ3v) is 2.25. The monoisotopic (exact) mass is 197 g/mol. The van der Waals surface area contributed by atoms with Crippen molar-refractivity contribution in [2.75, 3.05) is 13.2 Å². The van der Waals surface area contributed by atoms with Gasteiger partial charge >= 0.3 is 6.18 Å². The molecule has 1 aliphatic carbocycles. The minimum absolute atomic E-state index is 0.0203. The summed E-state index contributed by atoms with van der Waals surface area (Å²) in [6, 6.07) is 0. The topological polar surface area (TPSA) is 35.2 Å². The van der Waals surface area contributed by atoms with Gasteiger partial charge in [0, 0.05) is 5.54 Å². The summed E-state index contributed by atoms with van der Waals surface area (Å²) >= 11 is 0. The van der Waals surface area contributed by atoms with Gasteiger partial charge in [-0.2, -0.15) is 13.2 Å². The van der Waals surface area contributed by atoms with E-state index in [-0.39, 0.29) is 6.61 Å². The Hall–Kier alpha value is -0.290. The zero-order valence-electron chi connectivity index (χ0n) is 7.36. The van der Waals surface area contributed by atoms with Gasteiger partial charge in [0.2, 0.25) is 0 Å². The maximum Gasteiger partial charge on any atom is 0.411 e. The zero-order chi connectivity index (χ0) is 9.95. The average molecular weight is 197 g/mol. The lowest BCUT2D eigenvalue weighted by atomic mass is 10.0. The van der Waals surface area contributed by atoms with Crippen LogP contribution in [0.25, 0.3) is 0 Å². The van der Waals surface area contributed by atoms with Crippen LogP contribution in [0, 0.1) is 0 Å². The molecule has 1 saturated carbocycles. The molecule has 0 amide bonds. The molecule has 5 heteroatoms. The lowest BCUT2D eigenvalue weighted by Gasteiger charge is -2.23. The van der Waals surface area contributed by atoms with Gasteiger partial charge in [-0.25, -0.2) is 0 Å². The summed E-state index contributed by atoms with van der Waals surface area (Å²) < 4.78 is 39.6. The number of rotatable bonds is 3. The molecule has 0 aliphatic heterocycles. The van der Waals surface area contributed by atoms with Crippen LogP contribution < -0.4 is 5.73 Å². The molecule has 0 aromatic rings. The molecular weight excluding hydrogens is 183 g/mol. The molecule has 0 radical (unpaired) electrons. The smallest absolute Gasteiger partial charge is 0.370 e. The van der Waals surface area contributed by atoms with Crippen LogP contribution in [0.1, 0.15) is 25.7 Å². The van der Waals surface area contributed by atoms with Gasteiger partial charge in [-0.15, -0.1) is 0 Å². The lowest BCUT2D eigenvalue weighted by Crippen LogP contribution is -2.42. The Morgan fingerprint density at radius 2 is 1.77 bits per heavy atom. The second-order valence-corrected chi connectivity index (χ2v) is 3.68. The van der Waals surface area contributed by atoms with Gasteiger partial charge in [0.05, 0.1) is 6.61 Å². The molecule has 0 bridgehead atoms. The Kier molecular flexibility index (Phi) is 3.18. The standard InChI is InChI=1S/C8H14F3NO/c9-8(10,11)6-13-5-7(12)3-1-2-4-7/h1-6,12H2. The van der Waals surface area contributed by atoms with E-state index in [1.807, 2.05) is 0 Å². The Morgan fingerprint density at radius 3 is 2.23 bits per heavy atom. The molecule has 0 spiro atoms. The van der Waals surface area contributed by atoms with Crippen LogP contribution in [0.2, 0.25) is 0 Å². The number of hydrogen-bond acceptors (Lipinski definition) is 2. The highest BCUT2D eigenvalue weighted by Crippen LogP contribution is 2.27. The van der Waals surface area contributed by atoms with E-state index in [4.69, 9.17) is 5.73 Å². The van der Waals surface area contributed by atoms with E-state index < -0.39 is 18.3 Å². The lowest BCUT2D eigenvalue weighted by molar-refractivity contribution is -0.177. The molecule has 2 nitrogen and oxygen atoms in total. The summed E-state index contributed by atoms with van der Waals surface area (Å²) in [5.41, 5.74) is 5.29. The second kappa shape index (κ2) is 3.84. The minimum atomic E-state index is -4.24. The zero-order valence-corrected chi connectivity index (χ0v) is 7.36. The maximum absolute atomic E-state index is 11.7. The van der Waals surface area contributed by atoms with Crippen molar-refractivity contribution in [1.82, 2.24) is 0 Å². The number of halogens is 3. The van der Waals surface area contributed by atoms with Crippen LogP contribution in [-0.4, -0.2) is 24.9 Å². The van der Waals surface area contributed by atoms with Crippen LogP contribution in [0.5, 0.6) is 0 Å². The van der Waals surface area contributed by atoms with E-state index in [0.717, 1.165) is 25.7 Å². The van der Waals surface area contributed by atoms with E-state index in [0.29, 0.717) is 0 Å². The van der Waals surface area contributed by atoms with Gasteiger partial charge in [0.25, 0.3) is 0 Å². The summed E-state index contributed by atoms with van der Waals surface area (Å²) in [5, 5.41) is 0. The van der Waals surface area contributed by atoms with Crippen LogP contribution in [-0.2, 0) is 4.74 Å². The Bertz CT molecular complexity index is 163. The predicted molar refractivity (Wildman–Crippen MR) is 42.3 cm³/mol. The Morgan fingerprint density at radius 1 is 1.23 bits per heavy atom. The molecular formula is C8H14F3NO. The van der Waals surface area contributed by atoms with Crippen LogP contribution in [0.3, 0.4) is 0 Å². The van der Waals surface area contributed by atoms with Gasteiger partial charge < -0.3 is 10.5 Å². The fourth-order valence-corrected chi connectivity index (χ4v) is 1.59. The molecule has 1 aliphatic rings. The fraction of sp³-hybridized carbons (Fsp3) is 1.00. The van der Waals surface area contributed by atoms with Crippen molar-refractivity contribution in [2.24, 2.45) is 5.73 Å². The Balaban J connectivity index is 2.18. The van der Waals surface area contributed by atoms with Gasteiger partial charge in [-0.1, -0.05) is 12.8 Å². The minimum Gasteiger partial charge on any atom is -0.370 e. The summed E-state index contributed by atoms with van der Waals surface area (Å²) in [4.78, 5) is 0. The highest BCUT2D eigenvalue weighted by atomic mass is 19.4. The largest absolute Gasteiger partial charge is 0.411 e. The SMILES string of the molecule is NC1(COCC(F)(F)F)CCCC1. The molecule has 0 saturated heterocycles. The molecule has 0 heterocycles. The first-order valence-electron chi connectivity index (χ1n) is 4.35. The molecule has 78 valence electrons. The third kappa shape index (κ3) is 3.95. The average Bonchev–Trinajstić information content (AvgIpc) is 2.33. The molecule has 1 fully saturated rings. The van der Waals surface area contributed by atoms with Crippen LogP contribution in [0.15, 0.2) is 0 Å². The molecule has 2 N–H and O–H groups in total. The molecule has 1 rings (SSSR count). The molecule has 0 atom stereocenters. The first-order chi connectivity index (χ1) is 5.91. The van der Waals surface area contributed by atoms with E-state index in [9.17, 15) is 13.2 Å². The van der Waals surface area contributed by atoms with E-state index >= 15 is 0 Å². The van der Waals surface area contributed by atoms with E-state index in [1.54, 1.807) is 0 Å². The second-order valence-electron chi connectivity index (χ2n) is 3.68. The van der Waals surface area contributed by atoms with Gasteiger partial charge in [-0.3, -0.25) is 0 Å². The van der Waals surface area contributed by atoms with E-state index in [1.165, 1.54) is 0 Å². The molecule has 0 aromatic carbocycles. The predicted octanol–water partition coefficient (Wildman–Crippen LogP) is 1.84. The fourth-order valence-electron chi connectivity index (χ4n) is 1.59. The van der Waals surface area contributed by atoms with Crippen molar-refractivity contribution in [3.05, 3.63) is 0 Å². The number of ether oxygens (including phenoxy) is 1. The van der Waals surface area contributed by atoms with Crippen molar-refractivity contribution in [2.45, 2.75) is 37.4 Å². The molecule has 0 aromatic heterocycles. The van der Waals surface area contributed by atoms with Crippen molar-refractivity contribution in [3.63, 3.8) is 0 Å². The quantitative estimate of drug-likeness (QED) is 0.749. The normalized spacial score (nSPS) is 22.2. The van der Waals surface area contributed by atoms with Crippen LogP contribution in [0.4, 0.5) is 13.2 Å². The van der Waals surface area contributed by atoms with Crippen molar-refractivity contribution in [3.8, 4) is 0 Å². The van der Waals surface area contributed by atoms with Crippen molar-refractivity contribution >= 4 is 0 Å². The van der Waals surface area contributed by atoms with Gasteiger partial charge in [-0.05, 0) is 12.8 Å². The highest BCUT2D eigenvalue weighted by molar-refractivity contribution is 4.88. The van der Waals surface area contributed by atoms with Crippen molar-refractivity contribution < 1.29 is 17.9 Å². The number of nitrogens with two attached hydrogens (primary N) is 1. The first kappa shape index (κ1) is 10.8. The van der Waals surface area contributed by atoms with Crippen molar-refractivity contribution in [1.29, 1.82) is 0 Å².